The molecule has 0 saturated heterocycles. The zero-order valence-corrected chi connectivity index (χ0v) is 18.0. The third-order valence-corrected chi connectivity index (χ3v) is 8.83. The van der Waals surface area contributed by atoms with Crippen molar-refractivity contribution in [3.8, 4) is 0 Å². The molecule has 5 rings (SSSR count). The van der Waals surface area contributed by atoms with Crippen LogP contribution in [0, 0.1) is 29.1 Å². The molecule has 0 radical (unpaired) electrons. The first kappa shape index (κ1) is 19.1. The van der Waals surface area contributed by atoms with Crippen molar-refractivity contribution in [1.82, 2.24) is 0 Å². The molecule has 3 nitrogen and oxygen atoms in total. The summed E-state index contributed by atoms with van der Waals surface area (Å²) in [5.41, 5.74) is 3.85. The normalized spacial score (nSPS) is 38.7. The van der Waals surface area contributed by atoms with E-state index >= 15 is 0 Å². The minimum absolute atomic E-state index is 0.126. The topological polar surface area (TPSA) is 37.4 Å². The van der Waals surface area contributed by atoms with E-state index in [-0.39, 0.29) is 5.41 Å². The maximum absolute atomic E-state index is 12.8. The summed E-state index contributed by atoms with van der Waals surface area (Å²) in [5.74, 6) is 3.46. The lowest BCUT2D eigenvalue weighted by Crippen LogP contribution is -2.48. The summed E-state index contributed by atoms with van der Waals surface area (Å²) in [4.78, 5) is 27.2. The van der Waals surface area contributed by atoms with Crippen LogP contribution < -0.4 is 4.90 Å². The summed E-state index contributed by atoms with van der Waals surface area (Å²) >= 11 is 0. The van der Waals surface area contributed by atoms with Gasteiger partial charge >= 0.3 is 0 Å². The second kappa shape index (κ2) is 6.82. The van der Waals surface area contributed by atoms with Crippen LogP contribution in [0.4, 0.5) is 5.69 Å². The second-order valence-corrected chi connectivity index (χ2v) is 10.4. The van der Waals surface area contributed by atoms with Crippen molar-refractivity contribution in [2.75, 3.05) is 19.0 Å². The van der Waals surface area contributed by atoms with Crippen LogP contribution in [-0.2, 0) is 9.59 Å². The number of anilines is 1. The molecule has 1 aromatic carbocycles. The number of nitrogens with zero attached hydrogens (tertiary/aromatic N) is 1. The van der Waals surface area contributed by atoms with Gasteiger partial charge in [-0.25, -0.2) is 0 Å². The Bertz CT molecular complexity index is 867. The Hall–Kier alpha value is -1.90. The van der Waals surface area contributed by atoms with Gasteiger partial charge in [0.05, 0.1) is 0 Å². The molecule has 0 aromatic heterocycles. The van der Waals surface area contributed by atoms with Crippen molar-refractivity contribution in [3.05, 3.63) is 41.5 Å². The first-order valence-corrected chi connectivity index (χ1v) is 11.4. The average Bonchev–Trinajstić information content (AvgIpc) is 3.02. The lowest BCUT2D eigenvalue weighted by atomic mass is 9.50. The molecule has 0 unspecified atom stereocenters. The zero-order valence-electron chi connectivity index (χ0n) is 18.0. The predicted molar refractivity (Wildman–Crippen MR) is 116 cm³/mol. The van der Waals surface area contributed by atoms with E-state index in [1.807, 2.05) is 0 Å². The molecule has 3 saturated carbocycles. The molecule has 6 atom stereocenters. The smallest absolute Gasteiger partial charge is 0.139 e. The number of carbonyl (C=O) groups is 2. The van der Waals surface area contributed by atoms with Crippen LogP contribution in [0.3, 0.4) is 0 Å². The third kappa shape index (κ3) is 2.92. The highest BCUT2D eigenvalue weighted by Crippen LogP contribution is 2.63. The van der Waals surface area contributed by atoms with E-state index in [0.717, 1.165) is 38.5 Å². The van der Waals surface area contributed by atoms with Crippen LogP contribution >= 0.6 is 0 Å². The highest BCUT2D eigenvalue weighted by atomic mass is 16.1. The fraction of sp³-hybridized carbons (Fsp3) is 0.615. The maximum atomic E-state index is 12.8. The fourth-order valence-electron chi connectivity index (χ4n) is 7.26. The first-order chi connectivity index (χ1) is 13.9. The van der Waals surface area contributed by atoms with Crippen molar-refractivity contribution < 1.29 is 9.59 Å². The molecule has 0 spiro atoms. The summed E-state index contributed by atoms with van der Waals surface area (Å²) in [5, 5.41) is 0. The standard InChI is InChI=1S/C26H33NO2/c1-26-13-12-21-20-9-8-19(28)14-17(20)15-22(25(21)23(26)10-11-24(26)29)16-4-6-18(7-5-16)27(2)3/h4-7,15,20-23,25H,8-14H2,1-3H3/t20-,21+,22-,23-,25-,26-/m0/s1. The Balaban J connectivity index is 1.59. The number of Topliss-reactive ketones (excluding diaryl/α,β-unsaturated/α-hetero) is 2. The molecule has 1 aromatic rings. The van der Waals surface area contributed by atoms with Gasteiger partial charge in [-0.2, -0.15) is 0 Å². The van der Waals surface area contributed by atoms with Gasteiger partial charge in [-0.05, 0) is 67.1 Å². The quantitative estimate of drug-likeness (QED) is 0.654. The fourth-order valence-corrected chi connectivity index (χ4v) is 7.26. The lowest BCUT2D eigenvalue weighted by Gasteiger charge is -2.54. The van der Waals surface area contributed by atoms with E-state index in [1.165, 1.54) is 16.8 Å². The molecular weight excluding hydrogens is 358 g/mol. The van der Waals surface area contributed by atoms with E-state index in [0.29, 0.717) is 47.6 Å². The van der Waals surface area contributed by atoms with Gasteiger partial charge in [0, 0.05) is 50.4 Å². The van der Waals surface area contributed by atoms with Gasteiger partial charge in [-0.3, -0.25) is 9.59 Å². The molecule has 3 fully saturated rings. The Labute approximate surface area is 174 Å². The van der Waals surface area contributed by atoms with E-state index in [4.69, 9.17) is 0 Å². The SMILES string of the molecule is CN(C)c1ccc([C@@H]2C=C3CC(=O)CC[C@@H]3[C@H]3CC[C@]4(C)C(=O)CC[C@H]4[C@@H]32)cc1. The Morgan fingerprint density at radius 3 is 2.48 bits per heavy atom. The van der Waals surface area contributed by atoms with Crippen LogP contribution in [0.1, 0.15) is 63.4 Å². The van der Waals surface area contributed by atoms with Crippen molar-refractivity contribution in [2.45, 2.75) is 57.8 Å². The van der Waals surface area contributed by atoms with Gasteiger partial charge in [-0.1, -0.05) is 30.7 Å². The largest absolute Gasteiger partial charge is 0.378 e. The predicted octanol–water partition coefficient (Wildman–Crippen LogP) is 5.16. The second-order valence-electron chi connectivity index (χ2n) is 10.4. The minimum Gasteiger partial charge on any atom is -0.378 e. The van der Waals surface area contributed by atoms with E-state index in [1.54, 1.807) is 0 Å². The summed E-state index contributed by atoms with van der Waals surface area (Å²) in [6.07, 6.45) is 8.88. The Kier molecular flexibility index (Phi) is 4.49. The number of hydrogen-bond acceptors (Lipinski definition) is 3. The number of carbonyl (C=O) groups excluding carboxylic acids is 2. The number of fused-ring (bicyclic) bond motifs is 5. The van der Waals surface area contributed by atoms with E-state index in [2.05, 4.69) is 56.3 Å². The van der Waals surface area contributed by atoms with Gasteiger partial charge in [0.1, 0.15) is 11.6 Å². The Morgan fingerprint density at radius 1 is 1.00 bits per heavy atom. The van der Waals surface area contributed by atoms with Gasteiger partial charge in [0.2, 0.25) is 0 Å². The number of benzene rings is 1. The van der Waals surface area contributed by atoms with Gasteiger partial charge in [0.15, 0.2) is 0 Å². The molecule has 0 heterocycles. The average molecular weight is 392 g/mol. The zero-order chi connectivity index (χ0) is 20.3. The van der Waals surface area contributed by atoms with Crippen molar-refractivity contribution in [1.29, 1.82) is 0 Å². The van der Waals surface area contributed by atoms with Crippen molar-refractivity contribution in [3.63, 3.8) is 0 Å². The van der Waals surface area contributed by atoms with Crippen LogP contribution in [0.15, 0.2) is 35.9 Å². The van der Waals surface area contributed by atoms with E-state index < -0.39 is 0 Å². The molecule has 29 heavy (non-hydrogen) atoms. The number of allylic oxidation sites excluding steroid dienone is 2. The van der Waals surface area contributed by atoms with Crippen molar-refractivity contribution in [2.24, 2.45) is 29.1 Å². The molecule has 4 aliphatic rings. The third-order valence-electron chi connectivity index (χ3n) is 8.83. The van der Waals surface area contributed by atoms with Gasteiger partial charge < -0.3 is 4.90 Å². The maximum Gasteiger partial charge on any atom is 0.139 e. The molecule has 4 aliphatic carbocycles. The molecule has 0 bridgehead atoms. The molecule has 0 N–H and O–H groups in total. The highest BCUT2D eigenvalue weighted by molar-refractivity contribution is 5.87. The Morgan fingerprint density at radius 2 is 1.76 bits per heavy atom. The van der Waals surface area contributed by atoms with E-state index in [9.17, 15) is 9.59 Å². The molecule has 0 amide bonds. The first-order valence-electron chi connectivity index (χ1n) is 11.4. The summed E-state index contributed by atoms with van der Waals surface area (Å²) in [6.45, 7) is 2.25. The van der Waals surface area contributed by atoms with Crippen LogP contribution in [-0.4, -0.2) is 25.7 Å². The lowest BCUT2D eigenvalue weighted by molar-refractivity contribution is -0.131. The number of rotatable bonds is 2. The van der Waals surface area contributed by atoms with Gasteiger partial charge in [0.25, 0.3) is 0 Å². The minimum atomic E-state index is -0.126. The molecule has 3 heteroatoms. The summed E-state index contributed by atoms with van der Waals surface area (Å²) < 4.78 is 0. The summed E-state index contributed by atoms with van der Waals surface area (Å²) in [7, 11) is 4.14. The molecule has 154 valence electrons. The van der Waals surface area contributed by atoms with Gasteiger partial charge in [-0.15, -0.1) is 0 Å². The van der Waals surface area contributed by atoms with Crippen LogP contribution in [0.25, 0.3) is 0 Å². The molecule has 0 aliphatic heterocycles. The molecular formula is C26H33NO2. The number of ketones is 2. The highest BCUT2D eigenvalue weighted by Gasteiger charge is 2.58. The monoisotopic (exact) mass is 391 g/mol. The summed E-state index contributed by atoms with van der Waals surface area (Å²) in [6, 6.07) is 8.98. The van der Waals surface area contributed by atoms with Crippen LogP contribution in [0.5, 0.6) is 0 Å². The number of hydrogen-bond donors (Lipinski definition) is 0. The van der Waals surface area contributed by atoms with Crippen LogP contribution in [0.2, 0.25) is 0 Å². The van der Waals surface area contributed by atoms with Crippen molar-refractivity contribution >= 4 is 17.3 Å².